The zero-order chi connectivity index (χ0) is 21.9. The predicted octanol–water partition coefficient (Wildman–Crippen LogP) is 4.76. The second-order valence-corrected chi connectivity index (χ2v) is 13.5. The van der Waals surface area contributed by atoms with Gasteiger partial charge in [-0.2, -0.15) is 0 Å². The highest BCUT2D eigenvalue weighted by Gasteiger charge is 2.50. The lowest BCUT2D eigenvalue weighted by atomic mass is 10.1. The molecule has 1 atom stereocenters. The van der Waals surface area contributed by atoms with Crippen molar-refractivity contribution in [1.82, 2.24) is 5.32 Å². The second-order valence-electron chi connectivity index (χ2n) is 9.16. The van der Waals surface area contributed by atoms with Crippen LogP contribution in [-0.2, 0) is 4.43 Å². The van der Waals surface area contributed by atoms with Gasteiger partial charge in [-0.25, -0.2) is 4.39 Å². The molecule has 4 heteroatoms. The standard InChI is InChI=1S/C27H30FNOSi/c1-27(2,3)31(25-10-6-4-7-11-25,26-12-8-5-9-13-26)30-20-24-18-22(19-29-24)21-14-16-23(28)17-15-21/h4-18,24,29H,19-20H2,1-3H3/t24-/m0/s1. The van der Waals surface area contributed by atoms with Gasteiger partial charge < -0.3 is 9.74 Å². The average Bonchev–Trinajstić information content (AvgIpc) is 3.24. The van der Waals surface area contributed by atoms with Gasteiger partial charge >= 0.3 is 0 Å². The summed E-state index contributed by atoms with van der Waals surface area (Å²) in [5.41, 5.74) is 2.25. The van der Waals surface area contributed by atoms with Gasteiger partial charge in [0.15, 0.2) is 0 Å². The molecular formula is C27H30FNOSi. The van der Waals surface area contributed by atoms with Crippen molar-refractivity contribution in [1.29, 1.82) is 0 Å². The third kappa shape index (κ3) is 4.42. The molecule has 0 spiro atoms. The summed E-state index contributed by atoms with van der Waals surface area (Å²) in [5, 5.41) is 6.09. The molecule has 0 unspecified atom stereocenters. The Morgan fingerprint density at radius 1 is 0.871 bits per heavy atom. The molecular weight excluding hydrogens is 401 g/mol. The maximum absolute atomic E-state index is 13.3. The molecule has 1 N–H and O–H groups in total. The molecule has 0 saturated heterocycles. The minimum Gasteiger partial charge on any atom is -0.405 e. The quantitative estimate of drug-likeness (QED) is 0.569. The van der Waals surface area contributed by atoms with E-state index in [4.69, 9.17) is 4.43 Å². The zero-order valence-electron chi connectivity index (χ0n) is 18.4. The number of nitrogens with one attached hydrogen (secondary N) is 1. The number of halogens is 1. The highest BCUT2D eigenvalue weighted by Crippen LogP contribution is 2.37. The molecule has 2 nitrogen and oxygen atoms in total. The maximum Gasteiger partial charge on any atom is 0.261 e. The van der Waals surface area contributed by atoms with Gasteiger partial charge in [0.2, 0.25) is 0 Å². The van der Waals surface area contributed by atoms with E-state index in [9.17, 15) is 4.39 Å². The van der Waals surface area contributed by atoms with Gasteiger partial charge in [0.25, 0.3) is 8.32 Å². The third-order valence-corrected chi connectivity index (χ3v) is 11.1. The SMILES string of the molecule is CC(C)(C)[Si](OC[C@@H]1C=C(c2ccc(F)cc2)CN1)(c1ccccc1)c1ccccc1. The Kier molecular flexibility index (Phi) is 6.23. The Hall–Kier alpha value is -2.53. The fourth-order valence-electron chi connectivity index (χ4n) is 4.55. The first-order valence-electron chi connectivity index (χ1n) is 10.9. The smallest absolute Gasteiger partial charge is 0.261 e. The summed E-state index contributed by atoms with van der Waals surface area (Å²) in [6, 6.07) is 28.3. The van der Waals surface area contributed by atoms with Crippen molar-refractivity contribution in [3.8, 4) is 0 Å². The number of hydrogen-bond acceptors (Lipinski definition) is 2. The van der Waals surface area contributed by atoms with Crippen LogP contribution in [0.15, 0.2) is 91.0 Å². The second kappa shape index (κ2) is 8.91. The third-order valence-electron chi connectivity index (χ3n) is 6.07. The lowest BCUT2D eigenvalue weighted by Gasteiger charge is -2.43. The Balaban J connectivity index is 1.65. The van der Waals surface area contributed by atoms with Crippen LogP contribution in [0.5, 0.6) is 0 Å². The van der Waals surface area contributed by atoms with Gasteiger partial charge in [-0.3, -0.25) is 0 Å². The van der Waals surface area contributed by atoms with E-state index < -0.39 is 8.32 Å². The van der Waals surface area contributed by atoms with E-state index in [2.05, 4.69) is 92.8 Å². The Labute approximate surface area is 185 Å². The fraction of sp³-hybridized carbons (Fsp3) is 0.259. The monoisotopic (exact) mass is 431 g/mol. The molecule has 160 valence electrons. The molecule has 0 saturated carbocycles. The van der Waals surface area contributed by atoms with Crippen molar-refractivity contribution in [2.24, 2.45) is 0 Å². The molecule has 3 aromatic carbocycles. The number of rotatable bonds is 6. The topological polar surface area (TPSA) is 21.3 Å². The van der Waals surface area contributed by atoms with E-state index in [-0.39, 0.29) is 16.9 Å². The lowest BCUT2D eigenvalue weighted by Crippen LogP contribution is -2.67. The van der Waals surface area contributed by atoms with Gasteiger partial charge in [0, 0.05) is 12.6 Å². The van der Waals surface area contributed by atoms with Crippen LogP contribution < -0.4 is 15.7 Å². The molecule has 0 radical (unpaired) electrons. The predicted molar refractivity (Wildman–Crippen MR) is 130 cm³/mol. The molecule has 1 aliphatic rings. The summed E-state index contributed by atoms with van der Waals surface area (Å²) in [6.45, 7) is 8.24. The van der Waals surface area contributed by atoms with Gasteiger partial charge in [-0.15, -0.1) is 0 Å². The van der Waals surface area contributed by atoms with Crippen LogP contribution in [0.25, 0.3) is 5.57 Å². The molecule has 4 rings (SSSR count). The van der Waals surface area contributed by atoms with Crippen LogP contribution in [0.2, 0.25) is 5.04 Å². The molecule has 0 amide bonds. The van der Waals surface area contributed by atoms with Crippen LogP contribution in [0.4, 0.5) is 4.39 Å². The van der Waals surface area contributed by atoms with E-state index >= 15 is 0 Å². The molecule has 0 aromatic heterocycles. The zero-order valence-corrected chi connectivity index (χ0v) is 19.4. The molecule has 1 heterocycles. The van der Waals surface area contributed by atoms with E-state index in [1.807, 2.05) is 12.1 Å². The normalized spacial score (nSPS) is 16.9. The van der Waals surface area contributed by atoms with Crippen molar-refractivity contribution in [3.63, 3.8) is 0 Å². The summed E-state index contributed by atoms with van der Waals surface area (Å²) < 4.78 is 20.3. The lowest BCUT2D eigenvalue weighted by molar-refractivity contribution is 0.276. The summed E-state index contributed by atoms with van der Waals surface area (Å²) in [7, 11) is -2.54. The maximum atomic E-state index is 13.3. The molecule has 1 aliphatic heterocycles. The summed E-state index contributed by atoms with van der Waals surface area (Å²) in [5.74, 6) is -0.207. The average molecular weight is 432 g/mol. The van der Waals surface area contributed by atoms with Crippen LogP contribution in [0, 0.1) is 5.82 Å². The van der Waals surface area contributed by atoms with E-state index in [1.165, 1.54) is 28.1 Å². The Bertz CT molecular complexity index is 987. The van der Waals surface area contributed by atoms with Crippen LogP contribution in [0.1, 0.15) is 26.3 Å². The number of hydrogen-bond donors (Lipinski definition) is 1. The molecule has 0 bridgehead atoms. The first-order chi connectivity index (χ1) is 14.9. The first kappa shape index (κ1) is 21.7. The summed E-state index contributed by atoms with van der Waals surface area (Å²) in [4.78, 5) is 0. The minimum atomic E-state index is -2.54. The van der Waals surface area contributed by atoms with Crippen molar-refractivity contribution >= 4 is 24.3 Å². The Morgan fingerprint density at radius 3 is 1.94 bits per heavy atom. The number of benzene rings is 3. The van der Waals surface area contributed by atoms with Crippen molar-refractivity contribution < 1.29 is 8.82 Å². The van der Waals surface area contributed by atoms with Gasteiger partial charge in [-0.1, -0.05) is 99.6 Å². The van der Waals surface area contributed by atoms with E-state index in [1.54, 1.807) is 0 Å². The van der Waals surface area contributed by atoms with E-state index in [0.29, 0.717) is 6.61 Å². The van der Waals surface area contributed by atoms with E-state index in [0.717, 1.165) is 12.1 Å². The van der Waals surface area contributed by atoms with Gasteiger partial charge in [-0.05, 0) is 38.7 Å². The van der Waals surface area contributed by atoms with Gasteiger partial charge in [0.1, 0.15) is 5.82 Å². The van der Waals surface area contributed by atoms with Crippen LogP contribution in [-0.4, -0.2) is 27.5 Å². The molecule has 31 heavy (non-hydrogen) atoms. The molecule has 3 aromatic rings. The molecule has 0 aliphatic carbocycles. The van der Waals surface area contributed by atoms with Crippen molar-refractivity contribution in [2.45, 2.75) is 31.9 Å². The van der Waals surface area contributed by atoms with Crippen molar-refractivity contribution in [2.75, 3.05) is 13.2 Å². The van der Waals surface area contributed by atoms with Gasteiger partial charge in [0.05, 0.1) is 6.61 Å². The van der Waals surface area contributed by atoms with Crippen molar-refractivity contribution in [3.05, 3.63) is 102 Å². The molecule has 0 fully saturated rings. The largest absolute Gasteiger partial charge is 0.405 e. The summed E-state index contributed by atoms with van der Waals surface area (Å²) >= 11 is 0. The fourth-order valence-corrected chi connectivity index (χ4v) is 9.13. The highest BCUT2D eigenvalue weighted by molar-refractivity contribution is 6.99. The highest BCUT2D eigenvalue weighted by atomic mass is 28.4. The first-order valence-corrected chi connectivity index (χ1v) is 12.8. The Morgan fingerprint density at radius 2 is 1.42 bits per heavy atom. The summed E-state index contributed by atoms with van der Waals surface area (Å²) in [6.07, 6.45) is 2.23. The van der Waals surface area contributed by atoms with Crippen LogP contribution in [0.3, 0.4) is 0 Å². The van der Waals surface area contributed by atoms with Crippen LogP contribution >= 0.6 is 0 Å². The minimum absolute atomic E-state index is 0.0438.